The van der Waals surface area contributed by atoms with Gasteiger partial charge >= 0.3 is 0 Å². The van der Waals surface area contributed by atoms with E-state index in [2.05, 4.69) is 15.6 Å². The summed E-state index contributed by atoms with van der Waals surface area (Å²) < 4.78 is 5.17. The number of anilines is 1. The van der Waals surface area contributed by atoms with Crippen molar-refractivity contribution in [3.05, 3.63) is 27.9 Å². The van der Waals surface area contributed by atoms with Crippen molar-refractivity contribution in [1.29, 1.82) is 0 Å². The summed E-state index contributed by atoms with van der Waals surface area (Å²) in [6, 6.07) is 1.23. The molecule has 21 heavy (non-hydrogen) atoms. The van der Waals surface area contributed by atoms with E-state index in [0.717, 1.165) is 6.20 Å². The highest BCUT2D eigenvalue weighted by molar-refractivity contribution is 5.99. The van der Waals surface area contributed by atoms with Gasteiger partial charge in [-0.2, -0.15) is 0 Å². The van der Waals surface area contributed by atoms with Gasteiger partial charge in [-0.3, -0.25) is 14.9 Å². The van der Waals surface area contributed by atoms with E-state index in [1.807, 2.05) is 13.8 Å². The second-order valence-corrected chi connectivity index (χ2v) is 4.18. The number of nitrogens with zero attached hydrogens (tertiary/aromatic N) is 2. The molecule has 1 amide bonds. The van der Waals surface area contributed by atoms with Crippen LogP contribution < -0.4 is 10.6 Å². The minimum Gasteiger partial charge on any atom is -0.382 e. The molecule has 0 radical (unpaired) electrons. The zero-order valence-corrected chi connectivity index (χ0v) is 12.2. The van der Waals surface area contributed by atoms with Gasteiger partial charge in [-0.05, 0) is 20.3 Å². The molecule has 1 rings (SSSR count). The molecule has 0 bridgehead atoms. The van der Waals surface area contributed by atoms with E-state index < -0.39 is 10.8 Å². The Balaban J connectivity index is 2.74. The molecular formula is C13H20N4O4. The van der Waals surface area contributed by atoms with Crippen LogP contribution in [-0.2, 0) is 4.74 Å². The van der Waals surface area contributed by atoms with Crippen LogP contribution in [0.1, 0.15) is 30.6 Å². The molecule has 0 atom stereocenters. The average molecular weight is 296 g/mol. The van der Waals surface area contributed by atoms with Gasteiger partial charge in [0.1, 0.15) is 12.0 Å². The third-order valence-electron chi connectivity index (χ3n) is 2.63. The molecule has 0 aromatic carbocycles. The second-order valence-electron chi connectivity index (χ2n) is 4.18. The van der Waals surface area contributed by atoms with E-state index in [1.54, 1.807) is 0 Å². The fraction of sp³-hybridized carbons (Fsp3) is 0.538. The fourth-order valence-corrected chi connectivity index (χ4v) is 1.65. The van der Waals surface area contributed by atoms with E-state index in [9.17, 15) is 14.9 Å². The summed E-state index contributed by atoms with van der Waals surface area (Å²) in [4.78, 5) is 26.2. The molecule has 1 aromatic rings. The predicted octanol–water partition coefficient (Wildman–Crippen LogP) is 1.58. The first-order chi connectivity index (χ1) is 10.1. The van der Waals surface area contributed by atoms with Crippen LogP contribution in [0.2, 0.25) is 0 Å². The zero-order valence-electron chi connectivity index (χ0n) is 12.2. The standard InChI is InChI=1S/C13H20N4O4/c1-3-14-12-11(8-10(9-16-12)17(19)20)13(18)15-6-5-7-21-4-2/h8-9H,3-7H2,1-2H3,(H,14,16)(H,15,18). The molecule has 1 heterocycles. The number of pyridine rings is 1. The van der Waals surface area contributed by atoms with Crippen molar-refractivity contribution in [2.45, 2.75) is 20.3 Å². The number of carbonyl (C=O) groups excluding carboxylic acids is 1. The van der Waals surface area contributed by atoms with Crippen molar-refractivity contribution in [3.63, 3.8) is 0 Å². The monoisotopic (exact) mass is 296 g/mol. The molecule has 0 aliphatic rings. The minimum atomic E-state index is -0.575. The number of hydrogen-bond donors (Lipinski definition) is 2. The maximum atomic E-state index is 12.1. The SMILES string of the molecule is CCNc1ncc([N+](=O)[O-])cc1C(=O)NCCCOCC. The minimum absolute atomic E-state index is 0.169. The van der Waals surface area contributed by atoms with Crippen molar-refractivity contribution >= 4 is 17.4 Å². The van der Waals surface area contributed by atoms with Crippen LogP contribution in [0.4, 0.5) is 11.5 Å². The maximum absolute atomic E-state index is 12.1. The van der Waals surface area contributed by atoms with E-state index in [-0.39, 0.29) is 11.3 Å². The van der Waals surface area contributed by atoms with Crippen molar-refractivity contribution in [2.24, 2.45) is 0 Å². The molecule has 0 fully saturated rings. The summed E-state index contributed by atoms with van der Waals surface area (Å²) in [5, 5.41) is 16.4. The molecule has 0 spiro atoms. The summed E-state index contributed by atoms with van der Waals surface area (Å²) in [6.07, 6.45) is 1.81. The molecule has 2 N–H and O–H groups in total. The Morgan fingerprint density at radius 2 is 2.24 bits per heavy atom. The van der Waals surface area contributed by atoms with Crippen molar-refractivity contribution < 1.29 is 14.5 Å². The van der Waals surface area contributed by atoms with Crippen molar-refractivity contribution in [1.82, 2.24) is 10.3 Å². The first-order valence-electron chi connectivity index (χ1n) is 6.84. The highest BCUT2D eigenvalue weighted by atomic mass is 16.6. The number of aromatic nitrogens is 1. The Kier molecular flexibility index (Phi) is 7.10. The lowest BCUT2D eigenvalue weighted by atomic mass is 10.2. The molecule has 8 nitrogen and oxygen atoms in total. The first-order valence-corrected chi connectivity index (χ1v) is 6.84. The highest BCUT2D eigenvalue weighted by Gasteiger charge is 2.17. The zero-order chi connectivity index (χ0) is 15.7. The van der Waals surface area contributed by atoms with Gasteiger partial charge in [0.25, 0.3) is 11.6 Å². The third-order valence-corrected chi connectivity index (χ3v) is 2.63. The number of rotatable bonds is 9. The molecule has 1 aromatic heterocycles. The summed E-state index contributed by atoms with van der Waals surface area (Å²) >= 11 is 0. The Labute approximate surface area is 123 Å². The number of nitro groups is 1. The normalized spacial score (nSPS) is 10.2. The van der Waals surface area contributed by atoms with Gasteiger partial charge in [0.15, 0.2) is 0 Å². The molecule has 0 saturated carbocycles. The lowest BCUT2D eigenvalue weighted by Crippen LogP contribution is -2.26. The van der Waals surface area contributed by atoms with Gasteiger partial charge in [-0.15, -0.1) is 0 Å². The molecule has 0 unspecified atom stereocenters. The van der Waals surface area contributed by atoms with E-state index in [4.69, 9.17) is 4.74 Å². The Morgan fingerprint density at radius 3 is 2.86 bits per heavy atom. The number of amides is 1. The van der Waals surface area contributed by atoms with Crippen LogP contribution in [0, 0.1) is 10.1 Å². The predicted molar refractivity (Wildman–Crippen MR) is 78.5 cm³/mol. The fourth-order valence-electron chi connectivity index (χ4n) is 1.65. The van der Waals surface area contributed by atoms with Crippen molar-refractivity contribution in [2.75, 3.05) is 31.6 Å². The second kappa shape index (κ2) is 8.85. The number of nitrogens with one attached hydrogen (secondary N) is 2. The number of ether oxygens (including phenoxy) is 1. The molecule has 8 heteroatoms. The summed E-state index contributed by atoms with van der Waals surface area (Å²) in [5.41, 5.74) is -0.0430. The van der Waals surface area contributed by atoms with Crippen LogP contribution >= 0.6 is 0 Å². The van der Waals surface area contributed by atoms with Crippen LogP contribution in [0.15, 0.2) is 12.3 Å². The van der Waals surface area contributed by atoms with Crippen LogP contribution in [0.25, 0.3) is 0 Å². The van der Waals surface area contributed by atoms with Gasteiger partial charge in [0.05, 0.1) is 10.5 Å². The Hall–Kier alpha value is -2.22. The summed E-state index contributed by atoms with van der Waals surface area (Å²) in [6.45, 7) is 5.95. The van der Waals surface area contributed by atoms with Gasteiger partial charge < -0.3 is 15.4 Å². The van der Waals surface area contributed by atoms with Crippen LogP contribution in [0.5, 0.6) is 0 Å². The Morgan fingerprint density at radius 1 is 1.48 bits per heavy atom. The molecule has 0 aliphatic heterocycles. The maximum Gasteiger partial charge on any atom is 0.288 e. The van der Waals surface area contributed by atoms with Crippen molar-refractivity contribution in [3.8, 4) is 0 Å². The average Bonchev–Trinajstić information content (AvgIpc) is 2.47. The molecule has 116 valence electrons. The molecular weight excluding hydrogens is 276 g/mol. The summed E-state index contributed by atoms with van der Waals surface area (Å²) in [5.74, 6) is -0.0518. The quantitative estimate of drug-likeness (QED) is 0.407. The van der Waals surface area contributed by atoms with Gasteiger partial charge in [0, 0.05) is 32.4 Å². The van der Waals surface area contributed by atoms with Gasteiger partial charge in [-0.1, -0.05) is 0 Å². The number of carbonyl (C=O) groups is 1. The van der Waals surface area contributed by atoms with E-state index in [0.29, 0.717) is 38.5 Å². The van der Waals surface area contributed by atoms with Crippen LogP contribution in [0.3, 0.4) is 0 Å². The third kappa shape index (κ3) is 5.35. The summed E-state index contributed by atoms with van der Waals surface area (Å²) in [7, 11) is 0. The van der Waals surface area contributed by atoms with E-state index in [1.165, 1.54) is 6.07 Å². The van der Waals surface area contributed by atoms with Gasteiger partial charge in [0.2, 0.25) is 0 Å². The topological polar surface area (TPSA) is 106 Å². The Bertz CT molecular complexity index is 493. The lowest BCUT2D eigenvalue weighted by molar-refractivity contribution is -0.385. The largest absolute Gasteiger partial charge is 0.382 e. The smallest absolute Gasteiger partial charge is 0.288 e. The molecule has 0 aliphatic carbocycles. The lowest BCUT2D eigenvalue weighted by Gasteiger charge is -2.10. The number of hydrogen-bond acceptors (Lipinski definition) is 6. The highest BCUT2D eigenvalue weighted by Crippen LogP contribution is 2.18. The van der Waals surface area contributed by atoms with Crippen LogP contribution in [-0.4, -0.2) is 42.1 Å². The first kappa shape index (κ1) is 16.8. The molecule has 0 saturated heterocycles. The van der Waals surface area contributed by atoms with Gasteiger partial charge in [-0.25, -0.2) is 4.98 Å². The van der Waals surface area contributed by atoms with E-state index >= 15 is 0 Å².